The molecule has 0 atom stereocenters. The molecule has 4 nitrogen and oxygen atoms in total. The van der Waals surface area contributed by atoms with Crippen LogP contribution in [0.5, 0.6) is 0 Å². The van der Waals surface area contributed by atoms with E-state index in [4.69, 9.17) is 19.7 Å². The van der Waals surface area contributed by atoms with Gasteiger partial charge in [0, 0.05) is 43.6 Å². The van der Waals surface area contributed by atoms with Gasteiger partial charge in [0.15, 0.2) is 0 Å². The van der Waals surface area contributed by atoms with Crippen LogP contribution in [0.2, 0.25) is 0 Å². The van der Waals surface area contributed by atoms with Gasteiger partial charge in [-0.1, -0.05) is 47.9 Å². The van der Waals surface area contributed by atoms with Crippen LogP contribution in [0.15, 0.2) is 48.5 Å². The Labute approximate surface area is 173 Å². The minimum absolute atomic E-state index is 0.0277. The second kappa shape index (κ2) is 12.1. The summed E-state index contributed by atoms with van der Waals surface area (Å²) in [6.07, 6.45) is 1.18. The van der Waals surface area contributed by atoms with Crippen molar-refractivity contribution in [3.05, 3.63) is 70.8 Å². The minimum Gasteiger partial charge on any atom is -0.392 e. The first-order chi connectivity index (χ1) is 14.1. The summed E-state index contributed by atoms with van der Waals surface area (Å²) in [4.78, 5) is 0. The van der Waals surface area contributed by atoms with Gasteiger partial charge in [0.2, 0.25) is 0 Å². The molecular formula is C25H28O4. The van der Waals surface area contributed by atoms with E-state index in [1.807, 2.05) is 48.5 Å². The van der Waals surface area contributed by atoms with E-state index < -0.39 is 0 Å². The van der Waals surface area contributed by atoms with E-state index >= 15 is 0 Å². The number of hydrogen-bond donors (Lipinski definition) is 2. The van der Waals surface area contributed by atoms with Crippen molar-refractivity contribution in [1.82, 2.24) is 0 Å². The number of benzene rings is 2. The predicted molar refractivity (Wildman–Crippen MR) is 114 cm³/mol. The Kier molecular flexibility index (Phi) is 9.44. The fourth-order valence-corrected chi connectivity index (χ4v) is 2.98. The Hall–Kier alpha value is -2.60. The van der Waals surface area contributed by atoms with Crippen LogP contribution in [-0.4, -0.2) is 37.6 Å². The van der Waals surface area contributed by atoms with E-state index in [0.29, 0.717) is 26.1 Å². The molecule has 2 aromatic carbocycles. The second-order valence-corrected chi connectivity index (χ2v) is 7.03. The standard InChI is InChI=1S/C25H28O4/c1-28-19-25(20-29-2,15-3-5-21-7-11-23(17-26)12-8-21)16-4-6-22-9-13-24(18-27)14-10-22/h7-14,26-27H,15-20H2,1-2H3. The first kappa shape index (κ1) is 22.7. The first-order valence-corrected chi connectivity index (χ1v) is 9.50. The van der Waals surface area contributed by atoms with Gasteiger partial charge in [-0.2, -0.15) is 0 Å². The molecule has 0 saturated heterocycles. The molecule has 4 heteroatoms. The van der Waals surface area contributed by atoms with E-state index in [9.17, 15) is 0 Å². The Morgan fingerprint density at radius 1 is 0.690 bits per heavy atom. The summed E-state index contributed by atoms with van der Waals surface area (Å²) in [5.41, 5.74) is 3.22. The summed E-state index contributed by atoms with van der Waals surface area (Å²) in [7, 11) is 3.35. The third-order valence-corrected chi connectivity index (χ3v) is 4.57. The van der Waals surface area contributed by atoms with Crippen LogP contribution in [0.25, 0.3) is 0 Å². The number of rotatable bonds is 8. The summed E-state index contributed by atoms with van der Waals surface area (Å²) in [5, 5.41) is 18.3. The molecule has 0 spiro atoms. The summed E-state index contributed by atoms with van der Waals surface area (Å²) in [5.74, 6) is 12.8. The van der Waals surface area contributed by atoms with Crippen molar-refractivity contribution in [3.8, 4) is 23.7 Å². The van der Waals surface area contributed by atoms with E-state index in [0.717, 1.165) is 22.3 Å². The molecule has 29 heavy (non-hydrogen) atoms. The maximum absolute atomic E-state index is 9.13. The van der Waals surface area contributed by atoms with Gasteiger partial charge in [-0.25, -0.2) is 0 Å². The fraction of sp³-hybridized carbons (Fsp3) is 0.360. The zero-order valence-corrected chi connectivity index (χ0v) is 17.1. The summed E-state index contributed by atoms with van der Waals surface area (Å²) in [6.45, 7) is 1.05. The molecule has 0 fully saturated rings. The Bertz CT molecular complexity index is 786. The summed E-state index contributed by atoms with van der Waals surface area (Å²) < 4.78 is 10.9. The Morgan fingerprint density at radius 3 is 1.38 bits per heavy atom. The van der Waals surface area contributed by atoms with Gasteiger partial charge in [-0.05, 0) is 35.4 Å². The van der Waals surface area contributed by atoms with Crippen molar-refractivity contribution >= 4 is 0 Å². The minimum atomic E-state index is -0.320. The van der Waals surface area contributed by atoms with Crippen LogP contribution in [0, 0.1) is 29.1 Å². The third-order valence-electron chi connectivity index (χ3n) is 4.57. The van der Waals surface area contributed by atoms with E-state index in [2.05, 4.69) is 23.7 Å². The molecule has 0 amide bonds. The largest absolute Gasteiger partial charge is 0.392 e. The molecule has 0 saturated carbocycles. The number of ether oxygens (including phenoxy) is 2. The quantitative estimate of drug-likeness (QED) is 0.678. The van der Waals surface area contributed by atoms with Gasteiger partial charge < -0.3 is 19.7 Å². The molecular weight excluding hydrogens is 364 g/mol. The maximum atomic E-state index is 9.13. The van der Waals surface area contributed by atoms with Gasteiger partial charge in [0.1, 0.15) is 0 Å². The second-order valence-electron chi connectivity index (χ2n) is 7.03. The van der Waals surface area contributed by atoms with Gasteiger partial charge in [0.25, 0.3) is 0 Å². The molecule has 152 valence electrons. The lowest BCUT2D eigenvalue weighted by Gasteiger charge is -2.28. The average molecular weight is 392 g/mol. The van der Waals surface area contributed by atoms with Crippen molar-refractivity contribution in [2.24, 2.45) is 5.41 Å². The highest BCUT2D eigenvalue weighted by molar-refractivity contribution is 5.37. The number of aliphatic hydroxyl groups is 2. The lowest BCUT2D eigenvalue weighted by Crippen LogP contribution is -2.31. The average Bonchev–Trinajstić information content (AvgIpc) is 2.75. The van der Waals surface area contributed by atoms with Crippen LogP contribution >= 0.6 is 0 Å². The van der Waals surface area contributed by atoms with Crippen molar-refractivity contribution in [2.75, 3.05) is 27.4 Å². The molecule has 0 unspecified atom stereocenters. The van der Waals surface area contributed by atoms with Crippen LogP contribution in [0.3, 0.4) is 0 Å². The van der Waals surface area contributed by atoms with Gasteiger partial charge in [-0.15, -0.1) is 0 Å². The van der Waals surface area contributed by atoms with E-state index in [-0.39, 0.29) is 18.6 Å². The van der Waals surface area contributed by atoms with Crippen LogP contribution in [-0.2, 0) is 22.7 Å². The summed E-state index contributed by atoms with van der Waals surface area (Å²) in [6, 6.07) is 15.1. The molecule has 0 aromatic heterocycles. The molecule has 0 heterocycles. The zero-order chi connectivity index (χ0) is 21.0. The SMILES string of the molecule is COCC(CC#Cc1ccc(CO)cc1)(CC#Cc1ccc(CO)cc1)COC. The number of methoxy groups -OCH3 is 2. The molecule has 0 radical (unpaired) electrons. The van der Waals surface area contributed by atoms with E-state index in [1.165, 1.54) is 0 Å². The normalized spacial score (nSPS) is 10.6. The van der Waals surface area contributed by atoms with Crippen molar-refractivity contribution in [1.29, 1.82) is 0 Å². The highest BCUT2D eigenvalue weighted by Gasteiger charge is 2.29. The molecule has 2 rings (SSSR count). The van der Waals surface area contributed by atoms with Gasteiger partial charge in [-0.3, -0.25) is 0 Å². The molecule has 0 aliphatic rings. The number of aliphatic hydroxyl groups excluding tert-OH is 2. The summed E-state index contributed by atoms with van der Waals surface area (Å²) >= 11 is 0. The molecule has 0 bridgehead atoms. The van der Waals surface area contributed by atoms with Gasteiger partial charge >= 0.3 is 0 Å². The fourth-order valence-electron chi connectivity index (χ4n) is 2.98. The van der Waals surface area contributed by atoms with Crippen LogP contribution < -0.4 is 0 Å². The molecule has 0 aliphatic heterocycles. The highest BCUT2D eigenvalue weighted by atomic mass is 16.5. The third kappa shape index (κ3) is 7.38. The first-order valence-electron chi connectivity index (χ1n) is 9.50. The van der Waals surface area contributed by atoms with E-state index in [1.54, 1.807) is 14.2 Å². The monoisotopic (exact) mass is 392 g/mol. The topological polar surface area (TPSA) is 58.9 Å². The smallest absolute Gasteiger partial charge is 0.0681 e. The Morgan fingerprint density at radius 2 is 1.07 bits per heavy atom. The Balaban J connectivity index is 2.12. The molecule has 2 aromatic rings. The van der Waals surface area contributed by atoms with Gasteiger partial charge in [0.05, 0.1) is 26.4 Å². The predicted octanol–water partition coefficient (Wildman–Crippen LogP) is 3.13. The number of hydrogen-bond acceptors (Lipinski definition) is 4. The highest BCUT2D eigenvalue weighted by Crippen LogP contribution is 2.27. The zero-order valence-electron chi connectivity index (χ0n) is 17.1. The van der Waals surface area contributed by atoms with Crippen molar-refractivity contribution in [3.63, 3.8) is 0 Å². The maximum Gasteiger partial charge on any atom is 0.0681 e. The van der Waals surface area contributed by atoms with Crippen LogP contribution in [0.4, 0.5) is 0 Å². The molecule has 0 aliphatic carbocycles. The van der Waals surface area contributed by atoms with Crippen molar-refractivity contribution in [2.45, 2.75) is 26.1 Å². The lowest BCUT2D eigenvalue weighted by atomic mass is 9.83. The molecule has 2 N–H and O–H groups in total. The van der Waals surface area contributed by atoms with Crippen LogP contribution in [0.1, 0.15) is 35.1 Å². The lowest BCUT2D eigenvalue weighted by molar-refractivity contribution is 0.0164. The van der Waals surface area contributed by atoms with Crippen molar-refractivity contribution < 1.29 is 19.7 Å².